The van der Waals surface area contributed by atoms with Gasteiger partial charge in [-0.05, 0) is 25.7 Å². The largest absolute Gasteiger partial charge is 0.391 e. The van der Waals surface area contributed by atoms with E-state index >= 15 is 0 Å². The number of hydrogen-bond donors (Lipinski definition) is 2. The molecule has 0 radical (unpaired) electrons. The summed E-state index contributed by atoms with van der Waals surface area (Å²) < 4.78 is 5.35. The average molecular weight is 236 g/mol. The van der Waals surface area contributed by atoms with Crippen LogP contribution in [0.15, 0.2) is 11.3 Å². The van der Waals surface area contributed by atoms with Crippen molar-refractivity contribution in [2.24, 2.45) is 5.92 Å². The van der Waals surface area contributed by atoms with Crippen molar-refractivity contribution in [2.45, 2.75) is 32.1 Å². The third kappa shape index (κ3) is 2.57. The highest BCUT2D eigenvalue weighted by molar-refractivity contribution is 6.23. The Morgan fingerprint density at radius 2 is 2.06 bits per heavy atom. The molecule has 1 saturated heterocycles. The fourth-order valence-corrected chi connectivity index (χ4v) is 2.68. The summed E-state index contributed by atoms with van der Waals surface area (Å²) in [5, 5.41) is 11.1. The number of rotatable bonds is 2. The van der Waals surface area contributed by atoms with Crippen molar-refractivity contribution < 1.29 is 9.53 Å². The molecule has 17 heavy (non-hydrogen) atoms. The van der Waals surface area contributed by atoms with Gasteiger partial charge in [0, 0.05) is 44.0 Å². The van der Waals surface area contributed by atoms with Gasteiger partial charge in [0.15, 0.2) is 5.78 Å². The second-order valence-electron chi connectivity index (χ2n) is 4.68. The molecule has 1 aliphatic carbocycles. The second kappa shape index (κ2) is 5.45. The van der Waals surface area contributed by atoms with E-state index in [1.54, 1.807) is 0 Å². The molecule has 94 valence electrons. The lowest BCUT2D eigenvalue weighted by molar-refractivity contribution is -0.115. The zero-order valence-corrected chi connectivity index (χ0v) is 10.3. The molecule has 0 spiro atoms. The monoisotopic (exact) mass is 236 g/mol. The topological polar surface area (TPSA) is 62.2 Å². The molecular formula is C13H20N2O2. The van der Waals surface area contributed by atoms with E-state index in [1.165, 1.54) is 0 Å². The molecule has 2 fully saturated rings. The average Bonchev–Trinajstić information content (AvgIpc) is 2.35. The maximum absolute atomic E-state index is 12.0. The number of allylic oxidation sites excluding steroid dienone is 2. The highest BCUT2D eigenvalue weighted by Gasteiger charge is 2.28. The van der Waals surface area contributed by atoms with Gasteiger partial charge in [-0.1, -0.05) is 0 Å². The molecule has 0 bridgehead atoms. The molecule has 2 rings (SSSR count). The van der Waals surface area contributed by atoms with E-state index in [0.717, 1.165) is 44.6 Å². The summed E-state index contributed by atoms with van der Waals surface area (Å²) in [4.78, 5) is 12.0. The molecule has 0 aromatic heterocycles. The second-order valence-corrected chi connectivity index (χ2v) is 4.68. The maximum atomic E-state index is 12.0. The molecular weight excluding hydrogens is 216 g/mol. The van der Waals surface area contributed by atoms with Crippen molar-refractivity contribution in [3.63, 3.8) is 0 Å². The Bertz CT molecular complexity index is 336. The summed E-state index contributed by atoms with van der Waals surface area (Å²) >= 11 is 0. The Hall–Kier alpha value is -1.16. The zero-order valence-electron chi connectivity index (χ0n) is 10.3. The lowest BCUT2D eigenvalue weighted by atomic mass is 9.84. The van der Waals surface area contributed by atoms with Gasteiger partial charge in [-0.3, -0.25) is 4.79 Å². The third-order valence-corrected chi connectivity index (χ3v) is 3.58. The summed E-state index contributed by atoms with van der Waals surface area (Å²) in [5.74, 6) is 0.489. The Kier molecular flexibility index (Phi) is 3.94. The molecule has 0 unspecified atom stereocenters. The number of ketones is 1. The third-order valence-electron chi connectivity index (χ3n) is 3.58. The smallest absolute Gasteiger partial charge is 0.166 e. The number of carbonyl (C=O) groups is 1. The Labute approximate surface area is 102 Å². The molecule has 0 amide bonds. The lowest BCUT2D eigenvalue weighted by Crippen LogP contribution is -2.30. The van der Waals surface area contributed by atoms with Gasteiger partial charge in [-0.25, -0.2) is 0 Å². The molecule has 2 aliphatic rings. The van der Waals surface area contributed by atoms with Gasteiger partial charge in [0.2, 0.25) is 0 Å². The minimum absolute atomic E-state index is 0.136. The minimum Gasteiger partial charge on any atom is -0.391 e. The molecule has 0 aromatic carbocycles. The molecule has 0 atom stereocenters. The summed E-state index contributed by atoms with van der Waals surface area (Å²) in [5.41, 5.74) is 2.14. The predicted octanol–water partition coefficient (Wildman–Crippen LogP) is 1.66. The van der Waals surface area contributed by atoms with Crippen molar-refractivity contribution in [3.8, 4) is 0 Å². The number of hydrogen-bond acceptors (Lipinski definition) is 4. The zero-order chi connectivity index (χ0) is 12.3. The number of carbonyl (C=O) groups excluding carboxylic acids is 1. The quantitative estimate of drug-likeness (QED) is 0.717. The van der Waals surface area contributed by atoms with Gasteiger partial charge in [0.1, 0.15) is 0 Å². The SMILES string of the molecule is CN/C(=C1\C(=N)CCCC1=O)C1CCOCC1. The summed E-state index contributed by atoms with van der Waals surface area (Å²) in [7, 11) is 1.85. The van der Waals surface area contributed by atoms with Crippen LogP contribution < -0.4 is 5.32 Å². The first-order valence-corrected chi connectivity index (χ1v) is 6.34. The van der Waals surface area contributed by atoms with E-state index < -0.39 is 0 Å². The first kappa shape index (κ1) is 12.3. The Morgan fingerprint density at radius 1 is 1.35 bits per heavy atom. The molecule has 2 N–H and O–H groups in total. The van der Waals surface area contributed by atoms with Crippen LogP contribution in [0.5, 0.6) is 0 Å². The van der Waals surface area contributed by atoms with E-state index in [-0.39, 0.29) is 5.78 Å². The molecule has 0 aromatic rings. The highest BCUT2D eigenvalue weighted by atomic mass is 16.5. The molecule has 1 heterocycles. The van der Waals surface area contributed by atoms with Gasteiger partial charge < -0.3 is 15.5 Å². The van der Waals surface area contributed by atoms with Crippen molar-refractivity contribution in [2.75, 3.05) is 20.3 Å². The van der Waals surface area contributed by atoms with E-state index in [4.69, 9.17) is 10.1 Å². The number of nitrogens with one attached hydrogen (secondary N) is 2. The minimum atomic E-state index is 0.136. The summed E-state index contributed by atoms with van der Waals surface area (Å²) in [6, 6.07) is 0. The van der Waals surface area contributed by atoms with Crippen LogP contribution in [-0.4, -0.2) is 31.8 Å². The van der Waals surface area contributed by atoms with E-state index in [2.05, 4.69) is 5.32 Å². The maximum Gasteiger partial charge on any atom is 0.166 e. The van der Waals surface area contributed by atoms with E-state index in [0.29, 0.717) is 23.6 Å². The van der Waals surface area contributed by atoms with Crippen LogP contribution in [0.1, 0.15) is 32.1 Å². The van der Waals surface area contributed by atoms with E-state index in [9.17, 15) is 4.79 Å². The van der Waals surface area contributed by atoms with Crippen LogP contribution in [0, 0.1) is 11.3 Å². The van der Waals surface area contributed by atoms with E-state index in [1.807, 2.05) is 7.05 Å². The van der Waals surface area contributed by atoms with Gasteiger partial charge in [-0.2, -0.15) is 0 Å². The van der Waals surface area contributed by atoms with Crippen molar-refractivity contribution in [3.05, 3.63) is 11.3 Å². The van der Waals surface area contributed by atoms with Gasteiger partial charge in [0.05, 0.1) is 5.57 Å². The normalized spacial score (nSPS) is 25.9. The van der Waals surface area contributed by atoms with Crippen LogP contribution in [0.4, 0.5) is 0 Å². The van der Waals surface area contributed by atoms with Gasteiger partial charge in [0.25, 0.3) is 0 Å². The Morgan fingerprint density at radius 3 is 2.65 bits per heavy atom. The predicted molar refractivity (Wildman–Crippen MR) is 66.2 cm³/mol. The van der Waals surface area contributed by atoms with Gasteiger partial charge >= 0.3 is 0 Å². The summed E-state index contributed by atoms with van der Waals surface area (Å²) in [6.07, 6.45) is 4.04. The highest BCUT2D eigenvalue weighted by Crippen LogP contribution is 2.28. The fourth-order valence-electron chi connectivity index (χ4n) is 2.68. The molecule has 1 aliphatic heterocycles. The van der Waals surface area contributed by atoms with Gasteiger partial charge in [-0.15, -0.1) is 0 Å². The first-order chi connectivity index (χ1) is 8.24. The lowest BCUT2D eigenvalue weighted by Gasteiger charge is -2.28. The van der Waals surface area contributed by atoms with Crippen LogP contribution in [0.3, 0.4) is 0 Å². The number of ether oxygens (including phenoxy) is 1. The first-order valence-electron chi connectivity index (χ1n) is 6.34. The van der Waals surface area contributed by atoms with Crippen molar-refractivity contribution in [1.82, 2.24) is 5.32 Å². The van der Waals surface area contributed by atoms with Crippen molar-refractivity contribution >= 4 is 11.5 Å². The standard InChI is InChI=1S/C13H20N2O2/c1-15-13(9-5-7-17-8-6-9)12-10(14)3-2-4-11(12)16/h9,14-15H,2-8H2,1H3/b13-12+,14-10?. The number of Topliss-reactive ketones (excluding diaryl/α,β-unsaturated/α-hetero) is 1. The van der Waals surface area contributed by atoms with Crippen LogP contribution >= 0.6 is 0 Å². The van der Waals surface area contributed by atoms with Crippen LogP contribution in [-0.2, 0) is 9.53 Å². The summed E-state index contributed by atoms with van der Waals surface area (Å²) in [6.45, 7) is 1.51. The van der Waals surface area contributed by atoms with Crippen molar-refractivity contribution in [1.29, 1.82) is 5.41 Å². The molecule has 4 heteroatoms. The fraction of sp³-hybridized carbons (Fsp3) is 0.692. The Balaban J connectivity index is 2.29. The molecule has 1 saturated carbocycles. The van der Waals surface area contributed by atoms with Crippen LogP contribution in [0.25, 0.3) is 0 Å². The molecule has 4 nitrogen and oxygen atoms in total. The van der Waals surface area contributed by atoms with Crippen LogP contribution in [0.2, 0.25) is 0 Å².